The highest BCUT2D eigenvalue weighted by atomic mass is 32.2. The molecule has 21 heavy (non-hydrogen) atoms. The third-order valence-corrected chi connectivity index (χ3v) is 6.47. The Morgan fingerprint density at radius 1 is 1.33 bits per heavy atom. The highest BCUT2D eigenvalue weighted by Crippen LogP contribution is 2.35. The van der Waals surface area contributed by atoms with E-state index in [1.54, 1.807) is 0 Å². The number of amides is 1. The molecule has 0 unspecified atom stereocenters. The first kappa shape index (κ1) is 14.6. The van der Waals surface area contributed by atoms with Crippen molar-refractivity contribution in [2.45, 2.75) is 37.5 Å². The van der Waals surface area contributed by atoms with E-state index in [2.05, 4.69) is 0 Å². The zero-order valence-electron chi connectivity index (χ0n) is 12.5. The Morgan fingerprint density at radius 3 is 2.90 bits per heavy atom. The third kappa shape index (κ3) is 2.59. The van der Waals surface area contributed by atoms with Crippen molar-refractivity contribution in [3.05, 3.63) is 29.8 Å². The van der Waals surface area contributed by atoms with Crippen LogP contribution in [0, 0.1) is 0 Å². The van der Waals surface area contributed by atoms with E-state index in [1.807, 2.05) is 43.0 Å². The Morgan fingerprint density at radius 2 is 2.10 bits per heavy atom. The summed E-state index contributed by atoms with van der Waals surface area (Å²) in [5.41, 5.74) is 0.986. The first-order valence-electron chi connectivity index (χ1n) is 7.49. The van der Waals surface area contributed by atoms with Crippen molar-refractivity contribution in [3.8, 4) is 5.75 Å². The Balaban J connectivity index is 1.85. The van der Waals surface area contributed by atoms with Crippen LogP contribution in [-0.2, 0) is 15.6 Å². The fourth-order valence-electron chi connectivity index (χ4n) is 3.16. The second kappa shape index (κ2) is 5.79. The number of benzene rings is 1. The maximum atomic E-state index is 12.9. The Labute approximate surface area is 127 Å². The van der Waals surface area contributed by atoms with Gasteiger partial charge in [-0.15, -0.1) is 0 Å². The van der Waals surface area contributed by atoms with Gasteiger partial charge in [0.15, 0.2) is 0 Å². The summed E-state index contributed by atoms with van der Waals surface area (Å²) in [6, 6.07) is 7.81. The molecule has 1 aromatic rings. The van der Waals surface area contributed by atoms with E-state index < -0.39 is 10.8 Å². The lowest BCUT2D eigenvalue weighted by Crippen LogP contribution is -2.53. The quantitative estimate of drug-likeness (QED) is 0.796. The molecule has 0 N–H and O–H groups in total. The second-order valence-electron chi connectivity index (χ2n) is 5.79. The van der Waals surface area contributed by atoms with E-state index in [0.29, 0.717) is 18.9 Å². The molecule has 2 heterocycles. The van der Waals surface area contributed by atoms with Gasteiger partial charge in [-0.2, -0.15) is 0 Å². The highest BCUT2D eigenvalue weighted by Gasteiger charge is 2.37. The van der Waals surface area contributed by atoms with Crippen molar-refractivity contribution in [2.75, 3.05) is 18.9 Å². The fourth-order valence-corrected chi connectivity index (χ4v) is 4.50. The summed E-state index contributed by atoms with van der Waals surface area (Å²) in [5.74, 6) is 1.43. The molecular formula is C16H21NO3S. The molecular weight excluding hydrogens is 286 g/mol. The Kier molecular flexibility index (Phi) is 4.02. The lowest BCUT2D eigenvalue weighted by Gasteiger charge is -2.40. The summed E-state index contributed by atoms with van der Waals surface area (Å²) in [6.45, 7) is 5.15. The lowest BCUT2D eigenvalue weighted by molar-refractivity contribution is -0.135. The van der Waals surface area contributed by atoms with E-state index in [-0.39, 0.29) is 23.1 Å². The van der Waals surface area contributed by atoms with E-state index >= 15 is 0 Å². The molecule has 0 aromatic heterocycles. The zero-order valence-corrected chi connectivity index (χ0v) is 13.3. The summed E-state index contributed by atoms with van der Waals surface area (Å²) < 4.78 is 17.5. The molecule has 0 spiro atoms. The van der Waals surface area contributed by atoms with E-state index in [9.17, 15) is 9.00 Å². The van der Waals surface area contributed by atoms with Gasteiger partial charge in [0.2, 0.25) is 5.91 Å². The maximum Gasteiger partial charge on any atom is 0.230 e. The number of hydrogen-bond acceptors (Lipinski definition) is 3. The topological polar surface area (TPSA) is 46.6 Å². The molecule has 1 saturated heterocycles. The van der Waals surface area contributed by atoms with Crippen molar-refractivity contribution in [1.82, 2.24) is 4.90 Å². The molecule has 0 bridgehead atoms. The van der Waals surface area contributed by atoms with Crippen LogP contribution in [0.3, 0.4) is 0 Å². The molecule has 1 fully saturated rings. The minimum atomic E-state index is -0.821. The zero-order chi connectivity index (χ0) is 15.0. The van der Waals surface area contributed by atoms with Crippen LogP contribution in [0.15, 0.2) is 24.3 Å². The fraction of sp³-hybridized carbons (Fsp3) is 0.562. The van der Waals surface area contributed by atoms with Crippen LogP contribution in [0.5, 0.6) is 5.75 Å². The molecule has 0 aliphatic carbocycles. The Hall–Kier alpha value is -1.36. The van der Waals surface area contributed by atoms with Gasteiger partial charge in [-0.25, -0.2) is 0 Å². The van der Waals surface area contributed by atoms with Crippen LogP contribution in [0.1, 0.15) is 31.7 Å². The largest absolute Gasteiger partial charge is 0.493 e. The molecule has 2 aliphatic rings. The van der Waals surface area contributed by atoms with Crippen LogP contribution in [0.4, 0.5) is 0 Å². The van der Waals surface area contributed by atoms with E-state index in [0.717, 1.165) is 17.7 Å². The van der Waals surface area contributed by atoms with Crippen LogP contribution in [0.2, 0.25) is 0 Å². The van der Waals surface area contributed by atoms with Crippen LogP contribution in [-0.4, -0.2) is 45.2 Å². The van der Waals surface area contributed by atoms with E-state index in [4.69, 9.17) is 4.74 Å². The third-order valence-electron chi connectivity index (χ3n) is 4.66. The molecule has 0 radical (unpaired) electrons. The summed E-state index contributed by atoms with van der Waals surface area (Å²) in [5, 5.41) is 0.0396. The molecule has 4 atom stereocenters. The van der Waals surface area contributed by atoms with Gasteiger partial charge in [-0.3, -0.25) is 9.00 Å². The van der Waals surface area contributed by atoms with Gasteiger partial charge in [-0.05, 0) is 26.3 Å². The second-order valence-corrected chi connectivity index (χ2v) is 7.70. The van der Waals surface area contributed by atoms with Crippen molar-refractivity contribution in [3.63, 3.8) is 0 Å². The van der Waals surface area contributed by atoms with Crippen LogP contribution >= 0.6 is 0 Å². The van der Waals surface area contributed by atoms with Crippen molar-refractivity contribution >= 4 is 16.7 Å². The number of fused-ring (bicyclic) bond motifs is 1. The van der Waals surface area contributed by atoms with Gasteiger partial charge < -0.3 is 9.64 Å². The van der Waals surface area contributed by atoms with Crippen molar-refractivity contribution < 1.29 is 13.7 Å². The number of carbonyl (C=O) groups excluding carboxylic acids is 1. The monoisotopic (exact) mass is 307 g/mol. The molecule has 4 nitrogen and oxygen atoms in total. The van der Waals surface area contributed by atoms with Gasteiger partial charge in [-0.1, -0.05) is 18.2 Å². The standard InChI is InChI=1S/C16H21NO3S/c1-11-12(2)21(19)10-8-17(11)16(18)14-7-9-20-15-6-4-3-5-13(14)15/h3-6,11-12,14H,7-10H2,1-2H3/t11-,12+,14-,21-/m1/s1. The highest BCUT2D eigenvalue weighted by molar-refractivity contribution is 7.85. The molecule has 0 saturated carbocycles. The summed E-state index contributed by atoms with van der Waals surface area (Å²) in [7, 11) is -0.821. The lowest BCUT2D eigenvalue weighted by atomic mass is 9.91. The van der Waals surface area contributed by atoms with E-state index in [1.165, 1.54) is 0 Å². The SMILES string of the molecule is C[C@@H]1[C@H](C)[S@](=O)CCN1C(=O)[C@@H]1CCOc2ccccc21. The summed E-state index contributed by atoms with van der Waals surface area (Å²) in [6.07, 6.45) is 0.719. The predicted octanol–water partition coefficient (Wildman–Crippen LogP) is 1.92. The number of rotatable bonds is 1. The minimum absolute atomic E-state index is 0.0297. The first-order valence-corrected chi connectivity index (χ1v) is 8.87. The average Bonchev–Trinajstić information content (AvgIpc) is 2.51. The predicted molar refractivity (Wildman–Crippen MR) is 82.9 cm³/mol. The van der Waals surface area contributed by atoms with Gasteiger partial charge in [0.25, 0.3) is 0 Å². The molecule has 114 valence electrons. The molecule has 2 aliphatic heterocycles. The van der Waals surface area contributed by atoms with Gasteiger partial charge in [0.1, 0.15) is 5.75 Å². The maximum absolute atomic E-state index is 12.9. The number of para-hydroxylation sites is 1. The number of hydrogen-bond donors (Lipinski definition) is 0. The van der Waals surface area contributed by atoms with Gasteiger partial charge >= 0.3 is 0 Å². The molecule has 3 rings (SSSR count). The van der Waals surface area contributed by atoms with Crippen molar-refractivity contribution in [2.24, 2.45) is 0 Å². The Bertz CT molecular complexity index is 574. The minimum Gasteiger partial charge on any atom is -0.493 e. The molecule has 1 amide bonds. The van der Waals surface area contributed by atoms with Crippen LogP contribution in [0.25, 0.3) is 0 Å². The van der Waals surface area contributed by atoms with Gasteiger partial charge in [0.05, 0.1) is 17.8 Å². The number of carbonyl (C=O) groups is 1. The van der Waals surface area contributed by atoms with Crippen LogP contribution < -0.4 is 4.74 Å². The first-order chi connectivity index (χ1) is 10.1. The average molecular weight is 307 g/mol. The smallest absolute Gasteiger partial charge is 0.230 e. The summed E-state index contributed by atoms with van der Waals surface area (Å²) >= 11 is 0. The van der Waals surface area contributed by atoms with Crippen molar-refractivity contribution in [1.29, 1.82) is 0 Å². The summed E-state index contributed by atoms with van der Waals surface area (Å²) in [4.78, 5) is 14.9. The number of nitrogens with zero attached hydrogens (tertiary/aromatic N) is 1. The normalized spacial score (nSPS) is 32.2. The molecule has 5 heteroatoms. The molecule has 1 aromatic carbocycles. The number of ether oxygens (including phenoxy) is 1. The van der Waals surface area contributed by atoms with Gasteiger partial charge in [0, 0.05) is 34.7 Å².